The first-order chi connectivity index (χ1) is 14.7. The third kappa shape index (κ3) is 7.79. The molecular weight excluding hydrogens is 409 g/mol. The van der Waals surface area contributed by atoms with E-state index in [4.69, 9.17) is 0 Å². The van der Waals surface area contributed by atoms with Crippen LogP contribution in [-0.4, -0.2) is 79.0 Å². The lowest BCUT2D eigenvalue weighted by Gasteiger charge is -2.25. The number of amides is 3. The van der Waals surface area contributed by atoms with Gasteiger partial charge < -0.3 is 15.1 Å². The number of nitrogens with zero attached hydrogens (tertiary/aromatic N) is 3. The lowest BCUT2D eigenvalue weighted by atomic mass is 10.1. The average molecular weight is 438 g/mol. The maximum absolute atomic E-state index is 12.7. The normalized spacial score (nSPS) is 14.9. The molecule has 0 radical (unpaired) electrons. The first-order valence-corrected chi connectivity index (χ1v) is 10.4. The van der Waals surface area contributed by atoms with Gasteiger partial charge in [-0.15, -0.1) is 0 Å². The summed E-state index contributed by atoms with van der Waals surface area (Å²) in [6, 6.07) is 4.50. The number of hydrogen-bond acceptors (Lipinski definition) is 3. The van der Waals surface area contributed by atoms with Crippen LogP contribution in [-0.2, 0) is 11.0 Å². The van der Waals surface area contributed by atoms with Crippen molar-refractivity contribution in [1.82, 2.24) is 20.0 Å². The highest BCUT2D eigenvalue weighted by Gasteiger charge is 2.30. The molecule has 0 spiro atoms. The number of benzene rings is 1. The van der Waals surface area contributed by atoms with Crippen LogP contribution in [0.15, 0.2) is 24.3 Å². The fourth-order valence-electron chi connectivity index (χ4n) is 3.35. The van der Waals surface area contributed by atoms with Crippen LogP contribution >= 0.6 is 0 Å². The summed E-state index contributed by atoms with van der Waals surface area (Å²) >= 11 is 0. The van der Waals surface area contributed by atoms with Crippen molar-refractivity contribution in [3.63, 3.8) is 0 Å². The highest BCUT2D eigenvalue weighted by molar-refractivity contribution is 5.78. The van der Waals surface area contributed by atoms with Gasteiger partial charge in [-0.3, -0.25) is 9.69 Å². The molecule has 1 aliphatic heterocycles. The van der Waals surface area contributed by atoms with Gasteiger partial charge in [-0.1, -0.05) is 17.9 Å². The number of urea groups is 1. The minimum Gasteiger partial charge on any atom is -0.342 e. The van der Waals surface area contributed by atoms with Crippen LogP contribution in [0, 0.1) is 11.8 Å². The lowest BCUT2D eigenvalue weighted by Crippen LogP contribution is -2.44. The SMILES string of the molecule is CCN(CC)C(=O)CN1CCCN(C(=O)NCC#Cc2cccc(C(F)(F)F)c2)CC1. The first-order valence-electron chi connectivity index (χ1n) is 10.4. The summed E-state index contributed by atoms with van der Waals surface area (Å²) in [5.74, 6) is 5.42. The molecule has 0 unspecified atom stereocenters. The Bertz CT molecular complexity index is 813. The van der Waals surface area contributed by atoms with Crippen LogP contribution in [0.25, 0.3) is 0 Å². The molecule has 6 nitrogen and oxygen atoms in total. The molecule has 31 heavy (non-hydrogen) atoms. The third-order valence-corrected chi connectivity index (χ3v) is 5.10. The number of carbonyl (C=O) groups excluding carboxylic acids is 2. The molecule has 1 aromatic carbocycles. The van der Waals surface area contributed by atoms with E-state index < -0.39 is 11.7 Å². The van der Waals surface area contributed by atoms with Gasteiger partial charge in [0.2, 0.25) is 5.91 Å². The van der Waals surface area contributed by atoms with E-state index in [-0.39, 0.29) is 24.0 Å². The Morgan fingerprint density at radius 2 is 1.87 bits per heavy atom. The van der Waals surface area contributed by atoms with Crippen molar-refractivity contribution in [3.8, 4) is 11.8 Å². The molecule has 0 bridgehead atoms. The number of carbonyl (C=O) groups is 2. The quantitative estimate of drug-likeness (QED) is 0.720. The fourth-order valence-corrected chi connectivity index (χ4v) is 3.35. The summed E-state index contributed by atoms with van der Waals surface area (Å²) in [7, 11) is 0. The Kier molecular flexibility index (Phi) is 9.19. The maximum atomic E-state index is 12.7. The van der Waals surface area contributed by atoms with Crippen LogP contribution in [0.4, 0.5) is 18.0 Å². The predicted molar refractivity (Wildman–Crippen MR) is 112 cm³/mol. The van der Waals surface area contributed by atoms with Crippen molar-refractivity contribution < 1.29 is 22.8 Å². The summed E-state index contributed by atoms with van der Waals surface area (Å²) < 4.78 is 38.2. The molecule has 1 aromatic rings. The summed E-state index contributed by atoms with van der Waals surface area (Å²) in [4.78, 5) is 30.2. The second-order valence-corrected chi connectivity index (χ2v) is 7.22. The lowest BCUT2D eigenvalue weighted by molar-refractivity contribution is -0.137. The topological polar surface area (TPSA) is 55.9 Å². The van der Waals surface area contributed by atoms with Crippen LogP contribution in [0.2, 0.25) is 0 Å². The van der Waals surface area contributed by atoms with Crippen molar-refractivity contribution in [2.24, 2.45) is 0 Å². The van der Waals surface area contributed by atoms with Gasteiger partial charge in [0, 0.05) is 44.8 Å². The van der Waals surface area contributed by atoms with E-state index in [9.17, 15) is 22.8 Å². The first kappa shape index (κ1) is 24.5. The molecule has 170 valence electrons. The Morgan fingerprint density at radius 1 is 1.13 bits per heavy atom. The minimum absolute atomic E-state index is 0.0374. The Morgan fingerprint density at radius 3 is 2.55 bits per heavy atom. The largest absolute Gasteiger partial charge is 0.416 e. The van der Waals surface area contributed by atoms with Crippen molar-refractivity contribution in [1.29, 1.82) is 0 Å². The highest BCUT2D eigenvalue weighted by Crippen LogP contribution is 2.29. The molecule has 2 rings (SSSR count). The highest BCUT2D eigenvalue weighted by atomic mass is 19.4. The summed E-state index contributed by atoms with van der Waals surface area (Å²) in [5.41, 5.74) is -0.510. The second kappa shape index (κ2) is 11.6. The molecular formula is C22H29F3N4O2. The standard InChI is InChI=1S/C22H29F3N4O2/c1-3-28(4-2)20(30)17-27-12-7-13-29(15-14-27)21(31)26-11-6-9-18-8-5-10-19(16-18)22(23,24)25/h5,8,10,16H,3-4,7,11-15,17H2,1-2H3,(H,26,31). The molecule has 1 heterocycles. The van der Waals surface area contributed by atoms with Gasteiger partial charge in [0.1, 0.15) is 0 Å². The van der Waals surface area contributed by atoms with E-state index in [1.165, 1.54) is 12.1 Å². The van der Waals surface area contributed by atoms with Gasteiger partial charge in [-0.05, 0) is 38.5 Å². The van der Waals surface area contributed by atoms with E-state index in [2.05, 4.69) is 22.1 Å². The van der Waals surface area contributed by atoms with E-state index in [0.717, 1.165) is 25.1 Å². The van der Waals surface area contributed by atoms with Gasteiger partial charge in [0.25, 0.3) is 0 Å². The molecule has 9 heteroatoms. The summed E-state index contributed by atoms with van der Waals surface area (Å²) in [6.45, 7) is 8.06. The number of likely N-dealkylation sites (N-methyl/N-ethyl adjacent to an activating group) is 1. The van der Waals surface area contributed by atoms with Gasteiger partial charge in [0.15, 0.2) is 0 Å². The van der Waals surface area contributed by atoms with Crippen LogP contribution < -0.4 is 5.32 Å². The smallest absolute Gasteiger partial charge is 0.342 e. The Balaban J connectivity index is 1.81. The summed E-state index contributed by atoms with van der Waals surface area (Å²) in [6.07, 6.45) is -3.66. The Labute approximate surface area is 181 Å². The van der Waals surface area contributed by atoms with E-state index in [0.29, 0.717) is 39.3 Å². The van der Waals surface area contributed by atoms with Gasteiger partial charge >= 0.3 is 12.2 Å². The molecule has 0 atom stereocenters. The molecule has 0 aliphatic carbocycles. The maximum Gasteiger partial charge on any atom is 0.416 e. The van der Waals surface area contributed by atoms with Crippen molar-refractivity contribution in [2.45, 2.75) is 26.4 Å². The van der Waals surface area contributed by atoms with Gasteiger partial charge in [-0.25, -0.2) is 4.79 Å². The van der Waals surface area contributed by atoms with Crippen LogP contribution in [0.1, 0.15) is 31.4 Å². The average Bonchev–Trinajstić information content (AvgIpc) is 2.97. The van der Waals surface area contributed by atoms with Gasteiger partial charge in [0.05, 0.1) is 18.7 Å². The van der Waals surface area contributed by atoms with E-state index in [1.807, 2.05) is 13.8 Å². The van der Waals surface area contributed by atoms with Gasteiger partial charge in [-0.2, -0.15) is 13.2 Å². The number of halogens is 3. The second-order valence-electron chi connectivity index (χ2n) is 7.22. The molecule has 1 N–H and O–H groups in total. The fraction of sp³-hybridized carbons (Fsp3) is 0.545. The van der Waals surface area contributed by atoms with Crippen molar-refractivity contribution >= 4 is 11.9 Å². The zero-order chi connectivity index (χ0) is 22.9. The predicted octanol–water partition coefficient (Wildman–Crippen LogP) is 2.64. The van der Waals surface area contributed by atoms with Crippen LogP contribution in [0.5, 0.6) is 0 Å². The zero-order valence-electron chi connectivity index (χ0n) is 18.0. The summed E-state index contributed by atoms with van der Waals surface area (Å²) in [5, 5.41) is 2.68. The monoisotopic (exact) mass is 438 g/mol. The number of rotatable bonds is 5. The van der Waals surface area contributed by atoms with Crippen molar-refractivity contribution in [3.05, 3.63) is 35.4 Å². The number of alkyl halides is 3. The number of hydrogen-bond donors (Lipinski definition) is 1. The van der Waals surface area contributed by atoms with E-state index >= 15 is 0 Å². The molecule has 0 saturated carbocycles. The minimum atomic E-state index is -4.41. The molecule has 1 fully saturated rings. The van der Waals surface area contributed by atoms with Crippen molar-refractivity contribution in [2.75, 3.05) is 52.4 Å². The molecule has 1 aliphatic rings. The molecule has 0 aromatic heterocycles. The van der Waals surface area contributed by atoms with Crippen LogP contribution in [0.3, 0.4) is 0 Å². The molecule has 1 saturated heterocycles. The molecule has 3 amide bonds. The van der Waals surface area contributed by atoms with E-state index in [1.54, 1.807) is 9.80 Å². The zero-order valence-corrected chi connectivity index (χ0v) is 18.0. The third-order valence-electron chi connectivity index (χ3n) is 5.10. The number of nitrogens with one attached hydrogen (secondary N) is 1. The Hall–Kier alpha value is -2.73.